The number of nitrogens with zero attached hydrogens (tertiary/aromatic N) is 5. The van der Waals surface area contributed by atoms with Crippen LogP contribution in [0.3, 0.4) is 0 Å². The number of alkyl halides is 2. The number of nitrogens with one attached hydrogen (secondary N) is 2. The molecule has 0 saturated carbocycles. The van der Waals surface area contributed by atoms with Gasteiger partial charge in [-0.3, -0.25) is 10.1 Å². The molecule has 0 amide bonds. The predicted octanol–water partition coefficient (Wildman–Crippen LogP) is 4.88. The van der Waals surface area contributed by atoms with Gasteiger partial charge in [0.05, 0.1) is 16.3 Å². The van der Waals surface area contributed by atoms with E-state index >= 15 is 0 Å². The van der Waals surface area contributed by atoms with Crippen molar-refractivity contribution in [3.63, 3.8) is 0 Å². The van der Waals surface area contributed by atoms with Gasteiger partial charge in [0.1, 0.15) is 5.69 Å². The number of nitro benzene ring substituents is 1. The molecule has 36 heavy (non-hydrogen) atoms. The summed E-state index contributed by atoms with van der Waals surface area (Å²) in [5.41, 5.74) is 2.16. The summed E-state index contributed by atoms with van der Waals surface area (Å²) in [6.45, 7) is -2.09. The van der Waals surface area contributed by atoms with Crippen molar-refractivity contribution >= 4 is 33.9 Å². The zero-order chi connectivity index (χ0) is 25.8. The first-order valence-electron chi connectivity index (χ1n) is 11.0. The molecule has 0 unspecified atom stereocenters. The third-order valence-electron chi connectivity index (χ3n) is 5.55. The Morgan fingerprint density at radius 2 is 1.94 bits per heavy atom. The number of anilines is 3. The standard InChI is InChI=1S/C24H25F2N7O3/c1-31(2)10-11-32(3)20-13-22(36-23(25)26)19(12-21(20)33(34)35)30-24-27-9-8-18(29-24)16-14-28-17-7-5-4-6-15(16)17/h4-9,12-14,23,28H,10-11H2,1-3H3,(H,27,29,30). The van der Waals surface area contributed by atoms with Crippen LogP contribution in [0.4, 0.5) is 31.8 Å². The highest BCUT2D eigenvalue weighted by atomic mass is 19.3. The van der Waals surface area contributed by atoms with Crippen molar-refractivity contribution in [3.8, 4) is 17.0 Å². The molecule has 0 aliphatic carbocycles. The minimum Gasteiger partial charge on any atom is -0.433 e. The molecule has 2 aromatic heterocycles. The fourth-order valence-electron chi connectivity index (χ4n) is 3.74. The van der Waals surface area contributed by atoms with Crippen molar-refractivity contribution < 1.29 is 18.4 Å². The summed E-state index contributed by atoms with van der Waals surface area (Å²) in [6.07, 6.45) is 3.32. The first-order valence-corrected chi connectivity index (χ1v) is 11.0. The highest BCUT2D eigenvalue weighted by molar-refractivity contribution is 5.94. The van der Waals surface area contributed by atoms with Crippen LogP contribution in [-0.4, -0.2) is 65.6 Å². The minimum absolute atomic E-state index is 0.0529. The molecule has 0 saturated heterocycles. The van der Waals surface area contributed by atoms with Crippen molar-refractivity contribution in [2.24, 2.45) is 0 Å². The van der Waals surface area contributed by atoms with Gasteiger partial charge in [0.15, 0.2) is 5.75 Å². The second-order valence-electron chi connectivity index (χ2n) is 8.34. The maximum atomic E-state index is 13.2. The Morgan fingerprint density at radius 3 is 2.67 bits per heavy atom. The zero-order valence-corrected chi connectivity index (χ0v) is 19.9. The van der Waals surface area contributed by atoms with Gasteiger partial charge >= 0.3 is 6.61 Å². The molecule has 12 heteroatoms. The molecule has 2 heterocycles. The highest BCUT2D eigenvalue weighted by Gasteiger charge is 2.24. The van der Waals surface area contributed by atoms with Gasteiger partial charge in [-0.05, 0) is 26.2 Å². The molecule has 0 bridgehead atoms. The third-order valence-corrected chi connectivity index (χ3v) is 5.55. The fourth-order valence-corrected chi connectivity index (χ4v) is 3.74. The van der Waals surface area contributed by atoms with E-state index in [2.05, 4.69) is 20.3 Å². The minimum atomic E-state index is -3.13. The number of aromatic amines is 1. The molecule has 0 atom stereocenters. The summed E-state index contributed by atoms with van der Waals surface area (Å²) in [5, 5.41) is 15.6. The highest BCUT2D eigenvalue weighted by Crippen LogP contribution is 2.40. The van der Waals surface area contributed by atoms with Crippen molar-refractivity contribution in [2.75, 3.05) is 44.4 Å². The van der Waals surface area contributed by atoms with Crippen LogP contribution >= 0.6 is 0 Å². The summed E-state index contributed by atoms with van der Waals surface area (Å²) in [5.74, 6) is -0.191. The van der Waals surface area contributed by atoms with Gasteiger partial charge in [-0.1, -0.05) is 18.2 Å². The van der Waals surface area contributed by atoms with Gasteiger partial charge in [0.2, 0.25) is 5.95 Å². The van der Waals surface area contributed by atoms with Gasteiger partial charge in [-0.25, -0.2) is 9.97 Å². The molecule has 0 radical (unpaired) electrons. The molecule has 188 valence electrons. The number of rotatable bonds is 10. The van der Waals surface area contributed by atoms with E-state index in [0.717, 1.165) is 22.5 Å². The second kappa shape index (κ2) is 10.5. The third kappa shape index (κ3) is 5.49. The maximum absolute atomic E-state index is 13.2. The monoisotopic (exact) mass is 497 g/mol. The number of benzene rings is 2. The number of hydrogen-bond acceptors (Lipinski definition) is 8. The van der Waals surface area contributed by atoms with Crippen molar-refractivity contribution in [1.82, 2.24) is 19.9 Å². The molecule has 0 fully saturated rings. The Morgan fingerprint density at radius 1 is 1.17 bits per heavy atom. The van der Waals surface area contributed by atoms with Crippen LogP contribution in [-0.2, 0) is 0 Å². The Hall–Kier alpha value is -4.32. The van der Waals surface area contributed by atoms with E-state index in [1.54, 1.807) is 18.0 Å². The predicted molar refractivity (Wildman–Crippen MR) is 134 cm³/mol. The van der Waals surface area contributed by atoms with E-state index in [1.807, 2.05) is 49.5 Å². The van der Waals surface area contributed by atoms with Crippen LogP contribution in [0.2, 0.25) is 0 Å². The summed E-state index contributed by atoms with van der Waals surface area (Å²) < 4.78 is 31.2. The number of aromatic nitrogens is 3. The van der Waals surface area contributed by atoms with Crippen LogP contribution in [0, 0.1) is 10.1 Å². The Balaban J connectivity index is 1.72. The van der Waals surface area contributed by atoms with E-state index in [9.17, 15) is 18.9 Å². The lowest BCUT2D eigenvalue weighted by atomic mass is 10.1. The van der Waals surface area contributed by atoms with Crippen LogP contribution in [0.25, 0.3) is 22.2 Å². The number of nitro groups is 1. The van der Waals surface area contributed by atoms with Crippen molar-refractivity contribution in [3.05, 3.63) is 65.0 Å². The molecule has 2 N–H and O–H groups in total. The van der Waals surface area contributed by atoms with Gasteiger partial charge in [-0.15, -0.1) is 0 Å². The number of likely N-dealkylation sites (N-methyl/N-ethyl adjacent to an activating group) is 2. The van der Waals surface area contributed by atoms with Crippen molar-refractivity contribution in [2.45, 2.75) is 6.61 Å². The molecule has 10 nitrogen and oxygen atoms in total. The molecular weight excluding hydrogens is 472 g/mol. The molecule has 0 spiro atoms. The SMILES string of the molecule is CN(C)CCN(C)c1cc(OC(F)F)c(Nc2nccc(-c3c[nH]c4ccccc34)n2)cc1[N+](=O)[O-]. The first kappa shape index (κ1) is 24.8. The lowest BCUT2D eigenvalue weighted by Gasteiger charge is -2.23. The van der Waals surface area contributed by atoms with Gasteiger partial charge < -0.3 is 24.8 Å². The fraction of sp³-hybridized carbons (Fsp3) is 0.250. The van der Waals surface area contributed by atoms with E-state index in [1.165, 1.54) is 12.3 Å². The number of H-pyrrole nitrogens is 1. The summed E-state index contributed by atoms with van der Waals surface area (Å²) in [4.78, 5) is 26.6. The average Bonchev–Trinajstić information content (AvgIpc) is 3.27. The maximum Gasteiger partial charge on any atom is 0.387 e. The first-order chi connectivity index (χ1) is 17.2. The Bertz CT molecular complexity index is 1380. The normalized spacial score (nSPS) is 11.3. The number of ether oxygens (including phenoxy) is 1. The number of fused-ring (bicyclic) bond motifs is 1. The number of para-hydroxylation sites is 1. The molecule has 4 aromatic rings. The Kier molecular flexibility index (Phi) is 7.25. The van der Waals surface area contributed by atoms with E-state index in [-0.39, 0.29) is 28.8 Å². The smallest absolute Gasteiger partial charge is 0.387 e. The molecule has 0 aliphatic heterocycles. The van der Waals surface area contributed by atoms with Crippen LogP contribution in [0.15, 0.2) is 54.9 Å². The summed E-state index contributed by atoms with van der Waals surface area (Å²) >= 11 is 0. The zero-order valence-electron chi connectivity index (χ0n) is 19.9. The second-order valence-corrected chi connectivity index (χ2v) is 8.34. The Labute approximate surface area is 205 Å². The number of hydrogen-bond donors (Lipinski definition) is 2. The molecule has 0 aliphatic rings. The summed E-state index contributed by atoms with van der Waals surface area (Å²) in [7, 11) is 5.38. The molecular formula is C24H25F2N7O3. The van der Waals surface area contributed by atoms with Gasteiger partial charge in [0.25, 0.3) is 5.69 Å². The van der Waals surface area contributed by atoms with E-state index < -0.39 is 11.5 Å². The molecule has 2 aromatic carbocycles. The van der Waals surface area contributed by atoms with Crippen LogP contribution in [0.1, 0.15) is 0 Å². The largest absolute Gasteiger partial charge is 0.433 e. The van der Waals surface area contributed by atoms with Gasteiger partial charge in [0, 0.05) is 61.1 Å². The quantitative estimate of drug-likeness (QED) is 0.236. The average molecular weight is 498 g/mol. The van der Waals surface area contributed by atoms with Gasteiger partial charge in [-0.2, -0.15) is 8.78 Å². The summed E-state index contributed by atoms with van der Waals surface area (Å²) in [6, 6.07) is 11.8. The van der Waals surface area contributed by atoms with Crippen LogP contribution < -0.4 is 15.0 Å². The topological polar surface area (TPSA) is 112 Å². The van der Waals surface area contributed by atoms with Crippen LogP contribution in [0.5, 0.6) is 5.75 Å². The lowest BCUT2D eigenvalue weighted by Crippen LogP contribution is -2.29. The van der Waals surface area contributed by atoms with E-state index in [0.29, 0.717) is 18.8 Å². The lowest BCUT2D eigenvalue weighted by molar-refractivity contribution is -0.384. The van der Waals surface area contributed by atoms with Crippen molar-refractivity contribution in [1.29, 1.82) is 0 Å². The molecule has 4 rings (SSSR count). The number of halogens is 2. The van der Waals surface area contributed by atoms with E-state index in [4.69, 9.17) is 4.74 Å².